The van der Waals surface area contributed by atoms with E-state index < -0.39 is 0 Å². The minimum atomic E-state index is -0.289. The third-order valence-electron chi connectivity index (χ3n) is 2.10. The van der Waals surface area contributed by atoms with Crippen LogP contribution in [0.2, 0.25) is 0 Å². The Morgan fingerprint density at radius 2 is 1.92 bits per heavy atom. The van der Waals surface area contributed by atoms with E-state index >= 15 is 0 Å². The van der Waals surface area contributed by atoms with Gasteiger partial charge in [0.05, 0.1) is 19.8 Å². The molecule has 1 fully saturated rings. The molecule has 0 aromatic heterocycles. The minimum absolute atomic E-state index is 0.0272. The second kappa shape index (κ2) is 3.87. The summed E-state index contributed by atoms with van der Waals surface area (Å²) in [4.78, 5) is 0. The van der Waals surface area contributed by atoms with Gasteiger partial charge in [-0.15, -0.1) is 0 Å². The van der Waals surface area contributed by atoms with Gasteiger partial charge in [0.25, 0.3) is 0 Å². The summed E-state index contributed by atoms with van der Waals surface area (Å²) in [5.74, 6) is 0. The molecule has 70 valence electrons. The highest BCUT2D eigenvalue weighted by Crippen LogP contribution is 2.25. The van der Waals surface area contributed by atoms with Gasteiger partial charge in [0.1, 0.15) is 0 Å². The topological polar surface area (TPSA) is 38.7 Å². The van der Waals surface area contributed by atoms with Crippen LogP contribution < -0.4 is 0 Å². The lowest BCUT2D eigenvalue weighted by atomic mass is 10.1. The minimum Gasteiger partial charge on any atom is -0.392 e. The fourth-order valence-corrected chi connectivity index (χ4v) is 1.45. The van der Waals surface area contributed by atoms with E-state index in [2.05, 4.69) is 0 Å². The van der Waals surface area contributed by atoms with E-state index in [4.69, 9.17) is 14.6 Å². The highest BCUT2D eigenvalue weighted by Gasteiger charge is 2.20. The predicted octanol–water partition coefficient (Wildman–Crippen LogP) is 1.22. The zero-order valence-corrected chi connectivity index (χ0v) is 7.27. The average Bonchev–Trinajstić information content (AvgIpc) is 2.70. The fraction of sp³-hybridized carbons (Fsp3) is 0.400. The standard InChI is InChI=1S/C10H12O3/c11-7-8-3-1-2-4-9(8)10-12-5-6-13-10/h1-4,10-11H,5-7H2. The summed E-state index contributed by atoms with van der Waals surface area (Å²) in [5, 5.41) is 9.07. The normalized spacial score (nSPS) is 17.9. The van der Waals surface area contributed by atoms with E-state index in [0.717, 1.165) is 11.1 Å². The summed E-state index contributed by atoms with van der Waals surface area (Å²) < 4.78 is 10.7. The van der Waals surface area contributed by atoms with Gasteiger partial charge in [0.2, 0.25) is 0 Å². The molecule has 1 N–H and O–H groups in total. The molecule has 3 nitrogen and oxygen atoms in total. The molecule has 3 heteroatoms. The summed E-state index contributed by atoms with van der Waals surface area (Å²) in [5.41, 5.74) is 1.80. The zero-order valence-electron chi connectivity index (χ0n) is 7.27. The van der Waals surface area contributed by atoms with Crippen molar-refractivity contribution in [2.24, 2.45) is 0 Å². The van der Waals surface area contributed by atoms with Gasteiger partial charge in [-0.2, -0.15) is 0 Å². The van der Waals surface area contributed by atoms with Crippen molar-refractivity contribution in [1.29, 1.82) is 0 Å². The molecule has 0 amide bonds. The van der Waals surface area contributed by atoms with Gasteiger partial charge in [-0.05, 0) is 5.56 Å². The number of hydrogen-bond acceptors (Lipinski definition) is 3. The molecule has 0 atom stereocenters. The van der Waals surface area contributed by atoms with Crippen molar-refractivity contribution in [2.45, 2.75) is 12.9 Å². The molecule has 0 saturated carbocycles. The SMILES string of the molecule is OCc1ccccc1C1OCCO1. The molecule has 1 aliphatic rings. The molecule has 0 unspecified atom stereocenters. The smallest absolute Gasteiger partial charge is 0.184 e. The number of ether oxygens (including phenoxy) is 2. The van der Waals surface area contributed by atoms with Crippen LogP contribution in [0.1, 0.15) is 17.4 Å². The first-order valence-corrected chi connectivity index (χ1v) is 4.33. The van der Waals surface area contributed by atoms with Gasteiger partial charge < -0.3 is 14.6 Å². The van der Waals surface area contributed by atoms with Gasteiger partial charge in [0.15, 0.2) is 6.29 Å². The van der Waals surface area contributed by atoms with Crippen LogP contribution in [0.3, 0.4) is 0 Å². The third-order valence-corrected chi connectivity index (χ3v) is 2.10. The fourth-order valence-electron chi connectivity index (χ4n) is 1.45. The van der Waals surface area contributed by atoms with Crippen LogP contribution in [0.4, 0.5) is 0 Å². The largest absolute Gasteiger partial charge is 0.392 e. The Morgan fingerprint density at radius 3 is 2.62 bits per heavy atom. The molecule has 2 rings (SSSR count). The number of aliphatic hydroxyl groups is 1. The Balaban J connectivity index is 2.26. The van der Waals surface area contributed by atoms with Crippen LogP contribution in [-0.2, 0) is 16.1 Å². The van der Waals surface area contributed by atoms with Crippen LogP contribution in [0.25, 0.3) is 0 Å². The monoisotopic (exact) mass is 180 g/mol. The van der Waals surface area contributed by atoms with Crippen molar-refractivity contribution in [2.75, 3.05) is 13.2 Å². The van der Waals surface area contributed by atoms with Crippen LogP contribution >= 0.6 is 0 Å². The van der Waals surface area contributed by atoms with Gasteiger partial charge in [0, 0.05) is 5.56 Å². The average molecular weight is 180 g/mol. The summed E-state index contributed by atoms with van der Waals surface area (Å²) in [6, 6.07) is 7.60. The van der Waals surface area contributed by atoms with E-state index in [1.165, 1.54) is 0 Å². The molecule has 0 aliphatic carbocycles. The van der Waals surface area contributed by atoms with Crippen molar-refractivity contribution in [3.8, 4) is 0 Å². The lowest BCUT2D eigenvalue weighted by Gasteiger charge is -2.12. The maximum absolute atomic E-state index is 9.07. The van der Waals surface area contributed by atoms with E-state index in [9.17, 15) is 0 Å². The first-order chi connectivity index (χ1) is 6.42. The Kier molecular flexibility index (Phi) is 2.59. The van der Waals surface area contributed by atoms with Crippen LogP contribution in [0.5, 0.6) is 0 Å². The van der Waals surface area contributed by atoms with Crippen molar-refractivity contribution in [3.63, 3.8) is 0 Å². The van der Waals surface area contributed by atoms with Crippen molar-refractivity contribution in [3.05, 3.63) is 35.4 Å². The highest BCUT2D eigenvalue weighted by molar-refractivity contribution is 5.27. The first-order valence-electron chi connectivity index (χ1n) is 4.33. The maximum Gasteiger partial charge on any atom is 0.184 e. The zero-order chi connectivity index (χ0) is 9.10. The van der Waals surface area contributed by atoms with Crippen LogP contribution in [0, 0.1) is 0 Å². The molecule has 0 spiro atoms. The molecule has 1 aromatic carbocycles. The van der Waals surface area contributed by atoms with Crippen molar-refractivity contribution >= 4 is 0 Å². The molecule has 13 heavy (non-hydrogen) atoms. The summed E-state index contributed by atoms with van der Waals surface area (Å²) in [7, 11) is 0. The third kappa shape index (κ3) is 1.72. The van der Waals surface area contributed by atoms with Crippen LogP contribution in [0.15, 0.2) is 24.3 Å². The van der Waals surface area contributed by atoms with Gasteiger partial charge in [-0.25, -0.2) is 0 Å². The maximum atomic E-state index is 9.07. The van der Waals surface area contributed by atoms with Crippen molar-refractivity contribution in [1.82, 2.24) is 0 Å². The molecule has 1 saturated heterocycles. The molecular formula is C10H12O3. The van der Waals surface area contributed by atoms with Gasteiger partial charge >= 0.3 is 0 Å². The van der Waals surface area contributed by atoms with E-state index in [1.807, 2.05) is 24.3 Å². The summed E-state index contributed by atoms with van der Waals surface area (Å²) >= 11 is 0. The molecule has 0 radical (unpaired) electrons. The summed E-state index contributed by atoms with van der Waals surface area (Å²) in [6.07, 6.45) is -0.289. The Bertz CT molecular complexity index is 279. The van der Waals surface area contributed by atoms with Crippen LogP contribution in [-0.4, -0.2) is 18.3 Å². The molecule has 1 aromatic rings. The molecule has 1 aliphatic heterocycles. The Labute approximate surface area is 76.9 Å². The molecule has 0 bridgehead atoms. The second-order valence-electron chi connectivity index (χ2n) is 2.93. The van der Waals surface area contributed by atoms with E-state index in [-0.39, 0.29) is 12.9 Å². The lowest BCUT2D eigenvalue weighted by molar-refractivity contribution is -0.0452. The summed E-state index contributed by atoms with van der Waals surface area (Å²) in [6.45, 7) is 1.29. The number of rotatable bonds is 2. The van der Waals surface area contributed by atoms with E-state index in [1.54, 1.807) is 0 Å². The number of benzene rings is 1. The predicted molar refractivity (Wildman–Crippen MR) is 47.0 cm³/mol. The number of hydrogen-bond donors (Lipinski definition) is 1. The van der Waals surface area contributed by atoms with Crippen molar-refractivity contribution < 1.29 is 14.6 Å². The highest BCUT2D eigenvalue weighted by atomic mass is 16.7. The quantitative estimate of drug-likeness (QED) is 0.743. The first kappa shape index (κ1) is 8.69. The Morgan fingerprint density at radius 1 is 1.23 bits per heavy atom. The molecular weight excluding hydrogens is 168 g/mol. The lowest BCUT2D eigenvalue weighted by Crippen LogP contribution is -2.02. The van der Waals surface area contributed by atoms with Gasteiger partial charge in [-0.3, -0.25) is 0 Å². The number of aliphatic hydroxyl groups excluding tert-OH is 1. The second-order valence-corrected chi connectivity index (χ2v) is 2.93. The molecule has 1 heterocycles. The van der Waals surface area contributed by atoms with E-state index in [0.29, 0.717) is 13.2 Å². The Hall–Kier alpha value is -0.900. The van der Waals surface area contributed by atoms with Gasteiger partial charge in [-0.1, -0.05) is 24.3 Å².